The van der Waals surface area contributed by atoms with Gasteiger partial charge in [0.15, 0.2) is 18.2 Å². The van der Waals surface area contributed by atoms with Crippen LogP contribution in [0.15, 0.2) is 46.9 Å². The van der Waals surface area contributed by atoms with Crippen LogP contribution in [0.1, 0.15) is 15.9 Å². The highest BCUT2D eigenvalue weighted by Crippen LogP contribution is 2.19. The Hall–Kier alpha value is -2.41. The molecule has 0 aliphatic rings. The lowest BCUT2D eigenvalue weighted by Gasteiger charge is -2.17. The number of hydrogen-bond acceptors (Lipinski definition) is 4. The van der Waals surface area contributed by atoms with Crippen LogP contribution in [0, 0.1) is 5.82 Å². The monoisotopic (exact) mass is 409 g/mol. The normalized spacial score (nSPS) is 10.2. The molecule has 0 unspecified atom stereocenters. The number of carbonyl (C=O) groups excluding carboxylic acids is 2. The van der Waals surface area contributed by atoms with Crippen molar-refractivity contribution in [3.8, 4) is 5.75 Å². The topological polar surface area (TPSA) is 55.8 Å². The molecule has 0 fully saturated rings. The van der Waals surface area contributed by atoms with Crippen LogP contribution in [-0.2, 0) is 16.1 Å². The number of ether oxygens (including phenoxy) is 2. The van der Waals surface area contributed by atoms with E-state index < -0.39 is 24.3 Å². The third-order valence-electron chi connectivity index (χ3n) is 3.48. The van der Waals surface area contributed by atoms with Gasteiger partial charge in [-0.05, 0) is 45.8 Å². The smallest absolute Gasteiger partial charge is 0.339 e. The number of halogens is 2. The second-order valence-corrected chi connectivity index (χ2v) is 6.13. The molecule has 0 radical (unpaired) electrons. The van der Waals surface area contributed by atoms with Crippen LogP contribution in [0.2, 0.25) is 0 Å². The highest BCUT2D eigenvalue weighted by Gasteiger charge is 2.16. The summed E-state index contributed by atoms with van der Waals surface area (Å²) in [5, 5.41) is 0. The van der Waals surface area contributed by atoms with E-state index in [0.29, 0.717) is 15.6 Å². The molecule has 0 N–H and O–H groups in total. The average Bonchev–Trinajstić information content (AvgIpc) is 2.60. The van der Waals surface area contributed by atoms with Gasteiger partial charge in [0.2, 0.25) is 0 Å². The molecule has 0 bridgehead atoms. The standard InChI is InChI=1S/C18H17BrFNO4/c1-21(10-12-7-8-16(24-2)15(20)9-12)17(22)11-25-18(23)13-5-3-4-6-14(13)19/h3-9H,10-11H2,1-2H3. The van der Waals surface area contributed by atoms with E-state index >= 15 is 0 Å². The third-order valence-corrected chi connectivity index (χ3v) is 4.17. The molecule has 0 spiro atoms. The van der Waals surface area contributed by atoms with Gasteiger partial charge in [0.1, 0.15) is 0 Å². The van der Waals surface area contributed by atoms with Crippen molar-refractivity contribution in [2.24, 2.45) is 0 Å². The van der Waals surface area contributed by atoms with Gasteiger partial charge in [0, 0.05) is 18.1 Å². The fraction of sp³-hybridized carbons (Fsp3) is 0.222. The van der Waals surface area contributed by atoms with Gasteiger partial charge in [-0.15, -0.1) is 0 Å². The first-order valence-corrected chi connectivity index (χ1v) is 8.19. The summed E-state index contributed by atoms with van der Waals surface area (Å²) >= 11 is 3.25. The lowest BCUT2D eigenvalue weighted by Crippen LogP contribution is -2.30. The lowest BCUT2D eigenvalue weighted by atomic mass is 10.2. The van der Waals surface area contributed by atoms with Crippen LogP contribution in [0.4, 0.5) is 4.39 Å². The number of benzene rings is 2. The first-order chi connectivity index (χ1) is 11.9. The molecule has 0 aliphatic carbocycles. The van der Waals surface area contributed by atoms with E-state index in [1.165, 1.54) is 24.1 Å². The number of rotatable bonds is 6. The Morgan fingerprint density at radius 3 is 2.56 bits per heavy atom. The summed E-state index contributed by atoms with van der Waals surface area (Å²) in [5.41, 5.74) is 0.946. The molecule has 0 aliphatic heterocycles. The summed E-state index contributed by atoms with van der Waals surface area (Å²) < 4.78 is 24.2. The lowest BCUT2D eigenvalue weighted by molar-refractivity contribution is -0.133. The van der Waals surface area contributed by atoms with Crippen molar-refractivity contribution >= 4 is 27.8 Å². The summed E-state index contributed by atoms with van der Waals surface area (Å²) in [6, 6.07) is 11.2. The summed E-state index contributed by atoms with van der Waals surface area (Å²) in [4.78, 5) is 25.4. The highest BCUT2D eigenvalue weighted by molar-refractivity contribution is 9.10. The van der Waals surface area contributed by atoms with E-state index in [2.05, 4.69) is 15.9 Å². The molecule has 2 rings (SSSR count). The van der Waals surface area contributed by atoms with E-state index in [9.17, 15) is 14.0 Å². The van der Waals surface area contributed by atoms with Gasteiger partial charge < -0.3 is 14.4 Å². The Morgan fingerprint density at radius 1 is 1.20 bits per heavy atom. The van der Waals surface area contributed by atoms with Gasteiger partial charge in [0.25, 0.3) is 5.91 Å². The molecule has 0 saturated heterocycles. The van der Waals surface area contributed by atoms with Gasteiger partial charge in [-0.3, -0.25) is 4.79 Å². The van der Waals surface area contributed by atoms with Gasteiger partial charge in [-0.1, -0.05) is 18.2 Å². The average molecular weight is 410 g/mol. The first-order valence-electron chi connectivity index (χ1n) is 7.40. The molecule has 2 aromatic rings. The van der Waals surface area contributed by atoms with Crippen LogP contribution < -0.4 is 4.74 Å². The molecule has 0 atom stereocenters. The van der Waals surface area contributed by atoms with E-state index in [1.807, 2.05) is 0 Å². The molecular formula is C18H17BrFNO4. The maximum Gasteiger partial charge on any atom is 0.339 e. The summed E-state index contributed by atoms with van der Waals surface area (Å²) in [6.07, 6.45) is 0. The van der Waals surface area contributed by atoms with Crippen molar-refractivity contribution in [2.45, 2.75) is 6.54 Å². The molecular weight excluding hydrogens is 393 g/mol. The molecule has 2 aromatic carbocycles. The summed E-state index contributed by atoms with van der Waals surface area (Å²) in [7, 11) is 2.93. The fourth-order valence-corrected chi connectivity index (χ4v) is 2.56. The Labute approximate surface area is 153 Å². The number of carbonyl (C=O) groups is 2. The van der Waals surface area contributed by atoms with Crippen molar-refractivity contribution in [1.82, 2.24) is 4.90 Å². The first kappa shape index (κ1) is 18.9. The summed E-state index contributed by atoms with van der Waals surface area (Å²) in [5.74, 6) is -1.34. The van der Waals surface area contributed by atoms with E-state index in [1.54, 1.807) is 37.4 Å². The number of methoxy groups -OCH3 is 1. The van der Waals surface area contributed by atoms with Crippen LogP contribution >= 0.6 is 15.9 Å². The zero-order valence-corrected chi connectivity index (χ0v) is 15.4. The molecule has 5 nitrogen and oxygen atoms in total. The van der Waals surface area contributed by atoms with Crippen molar-refractivity contribution in [2.75, 3.05) is 20.8 Å². The number of likely N-dealkylation sites (N-methyl/N-ethyl adjacent to an activating group) is 1. The van der Waals surface area contributed by atoms with E-state index in [0.717, 1.165) is 0 Å². The zero-order valence-electron chi connectivity index (χ0n) is 13.8. The second kappa shape index (κ2) is 8.62. The Morgan fingerprint density at radius 2 is 1.92 bits per heavy atom. The Kier molecular flexibility index (Phi) is 6.52. The molecule has 1 amide bonds. The predicted octanol–water partition coefficient (Wildman–Crippen LogP) is 3.41. The minimum Gasteiger partial charge on any atom is -0.494 e. The van der Waals surface area contributed by atoms with Crippen LogP contribution in [0.5, 0.6) is 5.75 Å². The van der Waals surface area contributed by atoms with Crippen molar-refractivity contribution in [3.05, 3.63) is 63.9 Å². The third kappa shape index (κ3) is 5.03. The maximum atomic E-state index is 13.7. The molecule has 25 heavy (non-hydrogen) atoms. The van der Waals surface area contributed by atoms with Gasteiger partial charge in [-0.25, -0.2) is 9.18 Å². The number of hydrogen-bond donors (Lipinski definition) is 0. The maximum absolute atomic E-state index is 13.7. The molecule has 0 heterocycles. The van der Waals surface area contributed by atoms with Crippen molar-refractivity contribution in [3.63, 3.8) is 0 Å². The van der Waals surface area contributed by atoms with E-state index in [4.69, 9.17) is 9.47 Å². The number of amides is 1. The quantitative estimate of drug-likeness (QED) is 0.685. The van der Waals surface area contributed by atoms with Crippen molar-refractivity contribution in [1.29, 1.82) is 0 Å². The fourth-order valence-electron chi connectivity index (χ4n) is 2.11. The largest absolute Gasteiger partial charge is 0.494 e. The zero-order chi connectivity index (χ0) is 18.4. The van der Waals surface area contributed by atoms with E-state index in [-0.39, 0.29) is 12.3 Å². The van der Waals surface area contributed by atoms with Crippen LogP contribution in [-0.4, -0.2) is 37.5 Å². The second-order valence-electron chi connectivity index (χ2n) is 5.27. The van der Waals surface area contributed by atoms with Gasteiger partial charge >= 0.3 is 5.97 Å². The molecule has 0 saturated carbocycles. The van der Waals surface area contributed by atoms with Gasteiger partial charge in [0.05, 0.1) is 12.7 Å². The molecule has 0 aromatic heterocycles. The predicted molar refractivity (Wildman–Crippen MR) is 93.9 cm³/mol. The minimum atomic E-state index is -0.593. The Balaban J connectivity index is 1.91. The number of esters is 1. The molecule has 7 heteroatoms. The highest BCUT2D eigenvalue weighted by atomic mass is 79.9. The SMILES string of the molecule is COc1ccc(CN(C)C(=O)COC(=O)c2ccccc2Br)cc1F. The van der Waals surface area contributed by atoms with Crippen LogP contribution in [0.25, 0.3) is 0 Å². The molecule has 132 valence electrons. The van der Waals surface area contributed by atoms with Crippen molar-refractivity contribution < 1.29 is 23.5 Å². The van der Waals surface area contributed by atoms with Gasteiger partial charge in [-0.2, -0.15) is 0 Å². The Bertz CT molecular complexity index is 781. The van der Waals surface area contributed by atoms with Crippen LogP contribution in [0.3, 0.4) is 0 Å². The number of nitrogens with zero attached hydrogens (tertiary/aromatic N) is 1. The minimum absolute atomic E-state index is 0.139. The summed E-state index contributed by atoms with van der Waals surface area (Å²) in [6.45, 7) is -0.207.